The molecule has 0 saturated heterocycles. The summed E-state index contributed by atoms with van der Waals surface area (Å²) in [4.78, 5) is 11.5. The molecule has 0 heterocycles. The second-order valence-corrected chi connectivity index (χ2v) is 9.07. The first kappa shape index (κ1) is 18.6. The van der Waals surface area contributed by atoms with Crippen molar-refractivity contribution in [3.8, 4) is 0 Å². The predicted octanol–water partition coefficient (Wildman–Crippen LogP) is 3.84. The maximum atomic E-state index is 12.5. The minimum atomic E-state index is -3.74. The monoisotopic (exact) mass is 351 g/mol. The Kier molecular flexibility index (Phi) is 4.91. The molecular weight excluding hydrogens is 326 g/mol. The van der Waals surface area contributed by atoms with Crippen molar-refractivity contribution in [2.45, 2.75) is 51.9 Å². The van der Waals surface area contributed by atoms with E-state index in [-0.39, 0.29) is 15.7 Å². The van der Waals surface area contributed by atoms with Gasteiger partial charge in [0.2, 0.25) is 0 Å². The SMILES string of the molecule is CCC(C)(C)CC1(C)CC1=NS(=O)(=O)c1ccc(C(=O)OC)cc1. The average Bonchev–Trinajstić information content (AvgIpc) is 3.13. The first-order valence-electron chi connectivity index (χ1n) is 8.06. The molecule has 6 heteroatoms. The molecule has 1 unspecified atom stereocenters. The van der Waals surface area contributed by atoms with Gasteiger partial charge in [-0.3, -0.25) is 0 Å². The summed E-state index contributed by atoms with van der Waals surface area (Å²) in [6.45, 7) is 8.59. The van der Waals surface area contributed by atoms with Gasteiger partial charge in [0.15, 0.2) is 0 Å². The molecular formula is C18H25NO4S. The number of rotatable bonds is 6. The lowest BCUT2D eigenvalue weighted by Gasteiger charge is -2.25. The Labute approximate surface area is 144 Å². The van der Waals surface area contributed by atoms with Crippen molar-refractivity contribution in [2.75, 3.05) is 7.11 Å². The summed E-state index contributed by atoms with van der Waals surface area (Å²) >= 11 is 0. The van der Waals surface area contributed by atoms with Crippen LogP contribution in [0.15, 0.2) is 33.6 Å². The van der Waals surface area contributed by atoms with Gasteiger partial charge in [0, 0.05) is 11.1 Å². The Hall–Kier alpha value is -1.69. The van der Waals surface area contributed by atoms with E-state index in [0.717, 1.165) is 25.0 Å². The third kappa shape index (κ3) is 4.04. The van der Waals surface area contributed by atoms with Crippen LogP contribution >= 0.6 is 0 Å². The average molecular weight is 351 g/mol. The van der Waals surface area contributed by atoms with Gasteiger partial charge in [0.1, 0.15) is 0 Å². The van der Waals surface area contributed by atoms with Crippen molar-refractivity contribution in [3.63, 3.8) is 0 Å². The fourth-order valence-electron chi connectivity index (χ4n) is 2.89. The van der Waals surface area contributed by atoms with Crippen LogP contribution in [0.25, 0.3) is 0 Å². The van der Waals surface area contributed by atoms with E-state index in [1.807, 2.05) is 0 Å². The molecule has 1 aliphatic rings. The van der Waals surface area contributed by atoms with Crippen LogP contribution < -0.4 is 0 Å². The van der Waals surface area contributed by atoms with Gasteiger partial charge in [-0.05, 0) is 42.5 Å². The molecule has 0 spiro atoms. The van der Waals surface area contributed by atoms with Crippen LogP contribution in [-0.4, -0.2) is 27.2 Å². The first-order chi connectivity index (χ1) is 11.0. The van der Waals surface area contributed by atoms with Crippen molar-refractivity contribution in [2.24, 2.45) is 15.2 Å². The van der Waals surface area contributed by atoms with Crippen LogP contribution in [0, 0.1) is 10.8 Å². The van der Waals surface area contributed by atoms with Gasteiger partial charge in [-0.1, -0.05) is 34.1 Å². The van der Waals surface area contributed by atoms with E-state index in [9.17, 15) is 13.2 Å². The van der Waals surface area contributed by atoms with E-state index >= 15 is 0 Å². The Morgan fingerprint density at radius 2 is 1.88 bits per heavy atom. The Balaban J connectivity index is 2.19. The molecule has 5 nitrogen and oxygen atoms in total. The van der Waals surface area contributed by atoms with E-state index in [1.54, 1.807) is 0 Å². The zero-order chi connectivity index (χ0) is 18.2. The van der Waals surface area contributed by atoms with Gasteiger partial charge < -0.3 is 4.74 Å². The molecule has 0 bridgehead atoms. The van der Waals surface area contributed by atoms with E-state index in [1.165, 1.54) is 31.4 Å². The molecule has 1 saturated carbocycles. The minimum Gasteiger partial charge on any atom is -0.465 e. The lowest BCUT2D eigenvalue weighted by molar-refractivity contribution is 0.0600. The quantitative estimate of drug-likeness (QED) is 0.730. The van der Waals surface area contributed by atoms with Crippen molar-refractivity contribution in [1.82, 2.24) is 0 Å². The summed E-state index contributed by atoms with van der Waals surface area (Å²) in [5.74, 6) is -0.498. The normalized spacial score (nSPS) is 22.5. The molecule has 0 aromatic heterocycles. The fourth-order valence-corrected chi connectivity index (χ4v) is 4.05. The molecule has 1 atom stereocenters. The third-order valence-corrected chi connectivity index (χ3v) is 6.09. The number of esters is 1. The molecule has 132 valence electrons. The van der Waals surface area contributed by atoms with Gasteiger partial charge in [-0.15, -0.1) is 0 Å². The van der Waals surface area contributed by atoms with Crippen molar-refractivity contribution >= 4 is 21.7 Å². The molecule has 0 aliphatic heterocycles. The molecule has 24 heavy (non-hydrogen) atoms. The third-order valence-electron chi connectivity index (χ3n) is 4.76. The second kappa shape index (κ2) is 6.31. The van der Waals surface area contributed by atoms with Gasteiger partial charge in [-0.25, -0.2) is 4.79 Å². The Bertz CT molecular complexity index is 763. The summed E-state index contributed by atoms with van der Waals surface area (Å²) in [5.41, 5.74) is 1.09. The van der Waals surface area contributed by atoms with Crippen molar-refractivity contribution in [1.29, 1.82) is 0 Å². The standard InChI is InChI=1S/C18H25NO4S/c1-6-17(2,3)12-18(4)11-15(18)19-24(21,22)14-9-7-13(8-10-14)16(20)23-5/h7-10H,6,11-12H2,1-5H3. The highest BCUT2D eigenvalue weighted by Crippen LogP contribution is 2.51. The largest absolute Gasteiger partial charge is 0.465 e. The lowest BCUT2D eigenvalue weighted by atomic mass is 9.80. The molecule has 1 aliphatic carbocycles. The van der Waals surface area contributed by atoms with Crippen LogP contribution in [0.1, 0.15) is 57.3 Å². The van der Waals surface area contributed by atoms with Gasteiger partial charge in [0.25, 0.3) is 10.0 Å². The van der Waals surface area contributed by atoms with E-state index < -0.39 is 16.0 Å². The van der Waals surface area contributed by atoms with Crippen molar-refractivity contribution in [3.05, 3.63) is 29.8 Å². The van der Waals surface area contributed by atoms with Gasteiger partial charge in [-0.2, -0.15) is 12.8 Å². The molecule has 1 aromatic carbocycles. The molecule has 0 N–H and O–H groups in total. The van der Waals surface area contributed by atoms with Gasteiger partial charge in [0.05, 0.1) is 17.6 Å². The predicted molar refractivity (Wildman–Crippen MR) is 93.8 cm³/mol. The number of nitrogens with zero attached hydrogens (tertiary/aromatic N) is 1. The number of sulfonamides is 1. The molecule has 1 aromatic rings. The topological polar surface area (TPSA) is 72.8 Å². The van der Waals surface area contributed by atoms with Crippen LogP contribution in [0.2, 0.25) is 0 Å². The minimum absolute atomic E-state index is 0.0895. The summed E-state index contributed by atoms with van der Waals surface area (Å²) in [6.07, 6.45) is 2.68. The highest BCUT2D eigenvalue weighted by Gasteiger charge is 2.49. The number of hydrogen-bond donors (Lipinski definition) is 0. The smallest absolute Gasteiger partial charge is 0.337 e. The summed E-state index contributed by atoms with van der Waals surface area (Å²) in [7, 11) is -2.46. The Morgan fingerprint density at radius 1 is 1.29 bits per heavy atom. The first-order valence-corrected chi connectivity index (χ1v) is 9.50. The van der Waals surface area contributed by atoms with Crippen LogP contribution in [0.4, 0.5) is 0 Å². The maximum absolute atomic E-state index is 12.5. The van der Waals surface area contributed by atoms with Crippen LogP contribution in [0.3, 0.4) is 0 Å². The number of carbonyl (C=O) groups is 1. The number of benzene rings is 1. The highest BCUT2D eigenvalue weighted by atomic mass is 32.2. The van der Waals surface area contributed by atoms with Crippen LogP contribution in [0.5, 0.6) is 0 Å². The zero-order valence-electron chi connectivity index (χ0n) is 14.9. The number of hydrogen-bond acceptors (Lipinski definition) is 4. The zero-order valence-corrected chi connectivity index (χ0v) is 15.7. The molecule has 1 fully saturated rings. The lowest BCUT2D eigenvalue weighted by Crippen LogP contribution is -2.16. The number of methoxy groups -OCH3 is 1. The van der Waals surface area contributed by atoms with E-state index in [0.29, 0.717) is 5.56 Å². The molecule has 0 amide bonds. The Morgan fingerprint density at radius 3 is 2.38 bits per heavy atom. The number of ether oxygens (including phenoxy) is 1. The summed E-state index contributed by atoms with van der Waals surface area (Å²) in [6, 6.07) is 5.65. The van der Waals surface area contributed by atoms with Crippen molar-refractivity contribution < 1.29 is 17.9 Å². The van der Waals surface area contributed by atoms with E-state index in [2.05, 4.69) is 36.8 Å². The maximum Gasteiger partial charge on any atom is 0.337 e. The van der Waals surface area contributed by atoms with Crippen LogP contribution in [-0.2, 0) is 14.8 Å². The summed E-state index contributed by atoms with van der Waals surface area (Å²) in [5, 5.41) is 0. The highest BCUT2D eigenvalue weighted by molar-refractivity contribution is 7.90. The summed E-state index contributed by atoms with van der Waals surface area (Å²) < 4.78 is 33.5. The molecule has 0 radical (unpaired) electrons. The fraction of sp³-hybridized carbons (Fsp3) is 0.556. The molecule has 2 rings (SSSR count). The number of carbonyl (C=O) groups excluding carboxylic acids is 1. The second-order valence-electron chi connectivity index (χ2n) is 7.46. The van der Waals surface area contributed by atoms with E-state index in [4.69, 9.17) is 0 Å². The van der Waals surface area contributed by atoms with Gasteiger partial charge >= 0.3 is 5.97 Å².